The molecule has 0 saturated carbocycles. The van der Waals surface area contributed by atoms with E-state index in [1.54, 1.807) is 24.3 Å². The highest BCUT2D eigenvalue weighted by atomic mass is 28.4. The maximum Gasteiger partial charge on any atom is 0.435 e. The summed E-state index contributed by atoms with van der Waals surface area (Å²) in [5.41, 5.74) is 0.407. The molecule has 0 radical (unpaired) electrons. The van der Waals surface area contributed by atoms with Crippen LogP contribution in [0.4, 0.5) is 13.2 Å². The molecule has 6 nitrogen and oxygen atoms in total. The third-order valence-corrected chi connectivity index (χ3v) is 13.7. The van der Waals surface area contributed by atoms with Crippen molar-refractivity contribution in [3.05, 3.63) is 41.1 Å². The van der Waals surface area contributed by atoms with Gasteiger partial charge in [0.1, 0.15) is 11.9 Å². The molecule has 1 aromatic heterocycles. The molecule has 0 saturated heterocycles. The fraction of sp³-hybridized carbons (Fsp3) is 0.630. The van der Waals surface area contributed by atoms with Crippen molar-refractivity contribution in [1.82, 2.24) is 9.78 Å². The number of hydrogen-bond donors (Lipinski definition) is 0. The minimum atomic E-state index is -4.63. The van der Waals surface area contributed by atoms with Crippen molar-refractivity contribution in [3.63, 3.8) is 0 Å². The van der Waals surface area contributed by atoms with Gasteiger partial charge in [0.05, 0.1) is 12.7 Å². The zero-order chi connectivity index (χ0) is 27.7. The van der Waals surface area contributed by atoms with Gasteiger partial charge in [0.15, 0.2) is 19.8 Å². The maximum atomic E-state index is 14.0. The molecule has 10 heteroatoms. The monoisotopic (exact) mass is 540 g/mol. The molecule has 0 N–H and O–H groups in total. The Balaban J connectivity index is 1.96. The molecule has 2 atom stereocenters. The number of aryl methyl sites for hydroxylation is 1. The molecule has 2 heterocycles. The number of nitrogens with zero attached hydrogens (tertiary/aromatic N) is 2. The van der Waals surface area contributed by atoms with E-state index in [9.17, 15) is 18.0 Å². The van der Waals surface area contributed by atoms with Crippen molar-refractivity contribution in [1.29, 1.82) is 0 Å². The Morgan fingerprint density at radius 3 is 2.32 bits per heavy atom. The second-order valence-electron chi connectivity index (χ2n) is 10.8. The Bertz CT molecular complexity index is 1080. The standard InChI is InChI=1S/C27H39F3N2O4Si/c1-16(2)37(17(3)4,18(5)6)35-15-20-13-22(14-23(33)19-10-9-11-21(12-19)34-8)36-26-24(20)25(27(28,29)30)31-32(26)7/h9-12,16-18,20,22H,13-15H2,1-8H3/t20-,22-/m0/s1. The number of alkyl halides is 3. The molecule has 1 aliphatic heterocycles. The summed E-state index contributed by atoms with van der Waals surface area (Å²) in [6.07, 6.45) is -4.98. The lowest BCUT2D eigenvalue weighted by atomic mass is 9.88. The largest absolute Gasteiger partial charge is 0.497 e. The Labute approximate surface area is 218 Å². The topological polar surface area (TPSA) is 62.6 Å². The molecule has 0 bridgehead atoms. The minimum Gasteiger partial charge on any atom is -0.497 e. The van der Waals surface area contributed by atoms with Crippen molar-refractivity contribution in [2.45, 2.75) is 89.2 Å². The first-order valence-corrected chi connectivity index (χ1v) is 15.0. The summed E-state index contributed by atoms with van der Waals surface area (Å²) in [7, 11) is 0.625. The number of rotatable bonds is 10. The van der Waals surface area contributed by atoms with Gasteiger partial charge in [-0.15, -0.1) is 0 Å². The molecule has 0 fully saturated rings. The highest BCUT2D eigenvalue weighted by Gasteiger charge is 2.48. The van der Waals surface area contributed by atoms with Crippen LogP contribution in [0.25, 0.3) is 0 Å². The Morgan fingerprint density at radius 2 is 1.78 bits per heavy atom. The van der Waals surface area contributed by atoms with Gasteiger partial charge in [0.2, 0.25) is 5.88 Å². The van der Waals surface area contributed by atoms with Crippen LogP contribution in [-0.4, -0.2) is 43.7 Å². The van der Waals surface area contributed by atoms with Crippen LogP contribution in [-0.2, 0) is 17.6 Å². The number of halogens is 3. The fourth-order valence-corrected chi connectivity index (χ4v) is 11.5. The molecule has 206 valence electrons. The predicted molar refractivity (Wildman–Crippen MR) is 139 cm³/mol. The summed E-state index contributed by atoms with van der Waals surface area (Å²) in [5.74, 6) is -0.148. The normalized spacial score (nSPS) is 18.3. The van der Waals surface area contributed by atoms with Crippen LogP contribution < -0.4 is 9.47 Å². The second-order valence-corrected chi connectivity index (χ2v) is 16.3. The van der Waals surface area contributed by atoms with Crippen molar-refractivity contribution < 1.29 is 31.9 Å². The smallest absolute Gasteiger partial charge is 0.435 e. The third-order valence-electron chi connectivity index (χ3n) is 7.58. The first kappa shape index (κ1) is 29.2. The van der Waals surface area contributed by atoms with Crippen molar-refractivity contribution in [2.24, 2.45) is 7.05 Å². The van der Waals surface area contributed by atoms with E-state index in [4.69, 9.17) is 13.9 Å². The number of benzene rings is 1. The van der Waals surface area contributed by atoms with Crippen LogP contribution in [0.15, 0.2) is 24.3 Å². The molecule has 2 aromatic rings. The highest BCUT2D eigenvalue weighted by Crippen LogP contribution is 2.47. The number of hydrogen-bond acceptors (Lipinski definition) is 5. The Morgan fingerprint density at radius 1 is 1.16 bits per heavy atom. The first-order chi connectivity index (χ1) is 17.2. The summed E-state index contributed by atoms with van der Waals surface area (Å²) in [5, 5.41) is 3.78. The molecular formula is C27H39F3N2O4Si. The molecule has 37 heavy (non-hydrogen) atoms. The van der Waals surface area contributed by atoms with Crippen molar-refractivity contribution in [2.75, 3.05) is 13.7 Å². The number of carbonyl (C=O) groups is 1. The van der Waals surface area contributed by atoms with Crippen molar-refractivity contribution >= 4 is 14.1 Å². The fourth-order valence-electron chi connectivity index (χ4n) is 6.03. The summed E-state index contributed by atoms with van der Waals surface area (Å²) in [4.78, 5) is 13.1. The molecule has 1 aliphatic rings. The summed E-state index contributed by atoms with van der Waals surface area (Å²) >= 11 is 0. The molecule has 0 spiro atoms. The Hall–Kier alpha value is -2.33. The lowest BCUT2D eigenvalue weighted by molar-refractivity contribution is -0.142. The van der Waals surface area contributed by atoms with E-state index < -0.39 is 32.2 Å². The van der Waals surface area contributed by atoms with E-state index in [1.165, 1.54) is 14.2 Å². The van der Waals surface area contributed by atoms with Crippen LogP contribution in [0.1, 0.15) is 81.9 Å². The van der Waals surface area contributed by atoms with E-state index >= 15 is 0 Å². The maximum absolute atomic E-state index is 14.0. The van der Waals surface area contributed by atoms with Gasteiger partial charge in [-0.2, -0.15) is 18.3 Å². The van der Waals surface area contributed by atoms with Gasteiger partial charge in [-0.3, -0.25) is 4.79 Å². The summed E-state index contributed by atoms with van der Waals surface area (Å²) in [6, 6.07) is 6.82. The van der Waals surface area contributed by atoms with Gasteiger partial charge in [0.25, 0.3) is 0 Å². The number of carbonyl (C=O) groups excluding carboxylic acids is 1. The van der Waals surface area contributed by atoms with Crippen molar-refractivity contribution in [3.8, 4) is 11.6 Å². The average molecular weight is 541 g/mol. The van der Waals surface area contributed by atoms with E-state index in [0.717, 1.165) is 4.68 Å². The molecule has 0 aliphatic carbocycles. The van der Waals surface area contributed by atoms with Crippen LogP contribution in [0.2, 0.25) is 16.6 Å². The van der Waals surface area contributed by atoms with Gasteiger partial charge in [-0.1, -0.05) is 53.7 Å². The molecule has 3 rings (SSSR count). The Kier molecular flexibility index (Phi) is 8.84. The summed E-state index contributed by atoms with van der Waals surface area (Å²) in [6.45, 7) is 13.0. The van der Waals surface area contributed by atoms with Gasteiger partial charge >= 0.3 is 6.18 Å². The SMILES string of the molecule is COc1cccc(C(=O)C[C@@H]2C[C@@H](CO[Si](C(C)C)(C(C)C)C(C)C)c3c(C(F)(F)F)nn(C)c3O2)c1. The number of methoxy groups -OCH3 is 1. The van der Waals surface area contributed by atoms with E-state index in [1.807, 2.05) is 0 Å². The van der Waals surface area contributed by atoms with Crippen LogP contribution in [0.3, 0.4) is 0 Å². The first-order valence-electron chi connectivity index (χ1n) is 12.8. The molecule has 0 unspecified atom stereocenters. The quantitative estimate of drug-likeness (QED) is 0.237. The zero-order valence-corrected chi connectivity index (χ0v) is 24.0. The zero-order valence-electron chi connectivity index (χ0n) is 23.0. The molecule has 1 aromatic carbocycles. The number of ketones is 1. The van der Waals surface area contributed by atoms with Gasteiger partial charge < -0.3 is 13.9 Å². The number of Topliss-reactive ketones (excluding diaryl/α,β-unsaturated/α-hetero) is 1. The second kappa shape index (κ2) is 11.2. The van der Waals surface area contributed by atoms with E-state index in [-0.39, 0.29) is 53.3 Å². The molecular weight excluding hydrogens is 501 g/mol. The average Bonchev–Trinajstić information content (AvgIpc) is 3.15. The predicted octanol–water partition coefficient (Wildman–Crippen LogP) is 7.15. The van der Waals surface area contributed by atoms with E-state index in [2.05, 4.69) is 46.6 Å². The number of aromatic nitrogens is 2. The van der Waals surface area contributed by atoms with Crippen LogP contribution in [0, 0.1) is 0 Å². The van der Waals surface area contributed by atoms with Crippen LogP contribution >= 0.6 is 0 Å². The minimum absolute atomic E-state index is 0.0246. The number of fused-ring (bicyclic) bond motifs is 1. The van der Waals surface area contributed by atoms with Gasteiger partial charge in [0, 0.05) is 31.6 Å². The lowest BCUT2D eigenvalue weighted by Gasteiger charge is -2.43. The summed E-state index contributed by atoms with van der Waals surface area (Å²) < 4.78 is 61.1. The van der Waals surface area contributed by atoms with E-state index in [0.29, 0.717) is 11.3 Å². The third kappa shape index (κ3) is 5.90. The van der Waals surface area contributed by atoms with Crippen LogP contribution in [0.5, 0.6) is 11.6 Å². The van der Waals surface area contributed by atoms with Gasteiger partial charge in [-0.05, 0) is 35.2 Å². The highest BCUT2D eigenvalue weighted by molar-refractivity contribution is 6.77. The van der Waals surface area contributed by atoms with Gasteiger partial charge in [-0.25, -0.2) is 4.68 Å². The lowest BCUT2D eigenvalue weighted by Crippen LogP contribution is -2.48. The molecule has 0 amide bonds. The number of ether oxygens (including phenoxy) is 2.